The van der Waals surface area contributed by atoms with Crippen LogP contribution in [0.2, 0.25) is 0 Å². The molecule has 1 rings (SSSR count). The van der Waals surface area contributed by atoms with Crippen LogP contribution in [-0.2, 0) is 0 Å². The van der Waals surface area contributed by atoms with E-state index in [2.05, 4.69) is 15.9 Å². The van der Waals surface area contributed by atoms with Gasteiger partial charge in [-0.05, 0) is 37.1 Å². The molecule has 3 heteroatoms. The van der Waals surface area contributed by atoms with Gasteiger partial charge >= 0.3 is 0 Å². The van der Waals surface area contributed by atoms with E-state index >= 15 is 0 Å². The summed E-state index contributed by atoms with van der Waals surface area (Å²) in [6.07, 6.45) is 2.99. The van der Waals surface area contributed by atoms with Gasteiger partial charge in [0.25, 0.3) is 0 Å². The van der Waals surface area contributed by atoms with Crippen molar-refractivity contribution in [1.82, 2.24) is 0 Å². The molecule has 0 atom stereocenters. The average molecular weight is 257 g/mol. The topological polar surface area (TPSA) is 26.3 Å². The highest BCUT2D eigenvalue weighted by Gasteiger charge is 1.94. The number of hydrogen-bond donors (Lipinski definition) is 0. The second-order valence-corrected chi connectivity index (χ2v) is 3.72. The van der Waals surface area contributed by atoms with Crippen LogP contribution in [0, 0.1) is 0 Å². The quantitative estimate of drug-likeness (QED) is 0.444. The molecule has 0 fully saturated rings. The Hall–Kier alpha value is -0.830. The van der Waals surface area contributed by atoms with Crippen LogP contribution in [0.25, 0.3) is 0 Å². The van der Waals surface area contributed by atoms with Gasteiger partial charge in [-0.15, -0.1) is 0 Å². The fourth-order valence-electron chi connectivity index (χ4n) is 1.03. The van der Waals surface area contributed by atoms with Crippen LogP contribution in [0.15, 0.2) is 24.3 Å². The molecule has 0 aliphatic rings. The Morgan fingerprint density at radius 2 is 1.93 bits per heavy atom. The van der Waals surface area contributed by atoms with E-state index in [9.17, 15) is 4.79 Å². The van der Waals surface area contributed by atoms with Crippen LogP contribution in [0.4, 0.5) is 0 Å². The first-order valence-electron chi connectivity index (χ1n) is 4.61. The van der Waals surface area contributed by atoms with E-state index < -0.39 is 0 Å². The Kier molecular flexibility index (Phi) is 5.30. The zero-order chi connectivity index (χ0) is 10.2. The van der Waals surface area contributed by atoms with E-state index in [0.717, 1.165) is 36.8 Å². The van der Waals surface area contributed by atoms with E-state index in [4.69, 9.17) is 4.74 Å². The lowest BCUT2D eigenvalue weighted by Crippen LogP contribution is -1.97. The van der Waals surface area contributed by atoms with Crippen LogP contribution in [0.3, 0.4) is 0 Å². The monoisotopic (exact) mass is 256 g/mol. The van der Waals surface area contributed by atoms with Gasteiger partial charge in [-0.3, -0.25) is 4.79 Å². The highest BCUT2D eigenvalue weighted by molar-refractivity contribution is 9.09. The molecule has 0 amide bonds. The van der Waals surface area contributed by atoms with Crippen LogP contribution in [-0.4, -0.2) is 18.2 Å². The van der Waals surface area contributed by atoms with Gasteiger partial charge in [-0.25, -0.2) is 0 Å². The van der Waals surface area contributed by atoms with Gasteiger partial charge < -0.3 is 4.74 Å². The van der Waals surface area contributed by atoms with Crippen molar-refractivity contribution in [2.75, 3.05) is 11.9 Å². The summed E-state index contributed by atoms with van der Waals surface area (Å²) in [6, 6.07) is 7.15. The summed E-state index contributed by atoms with van der Waals surface area (Å²) in [4.78, 5) is 10.4. The maximum atomic E-state index is 10.4. The number of aldehydes is 1. The van der Waals surface area contributed by atoms with Crippen molar-refractivity contribution in [2.45, 2.75) is 12.8 Å². The van der Waals surface area contributed by atoms with Gasteiger partial charge in [0.05, 0.1) is 6.61 Å². The third-order valence-electron chi connectivity index (χ3n) is 1.81. The summed E-state index contributed by atoms with van der Waals surface area (Å²) in [5, 5.41) is 1.01. The summed E-state index contributed by atoms with van der Waals surface area (Å²) in [5.41, 5.74) is 0.679. The molecule has 0 radical (unpaired) electrons. The van der Waals surface area contributed by atoms with Crippen LogP contribution < -0.4 is 4.74 Å². The van der Waals surface area contributed by atoms with Crippen molar-refractivity contribution in [3.63, 3.8) is 0 Å². The number of unbranched alkanes of at least 4 members (excludes halogenated alkanes) is 1. The first-order valence-corrected chi connectivity index (χ1v) is 5.73. The van der Waals surface area contributed by atoms with Gasteiger partial charge in [0, 0.05) is 10.9 Å². The van der Waals surface area contributed by atoms with Gasteiger partial charge in [-0.1, -0.05) is 15.9 Å². The first-order chi connectivity index (χ1) is 6.86. The highest BCUT2D eigenvalue weighted by atomic mass is 79.9. The van der Waals surface area contributed by atoms with Gasteiger partial charge in [0.1, 0.15) is 12.0 Å². The van der Waals surface area contributed by atoms with Crippen molar-refractivity contribution < 1.29 is 9.53 Å². The molecule has 0 aliphatic heterocycles. The van der Waals surface area contributed by atoms with Crippen molar-refractivity contribution in [2.24, 2.45) is 0 Å². The number of hydrogen-bond acceptors (Lipinski definition) is 2. The molecule has 0 spiro atoms. The molecular formula is C11H13BrO2. The first kappa shape index (κ1) is 11.2. The lowest BCUT2D eigenvalue weighted by atomic mass is 10.2. The fraction of sp³-hybridized carbons (Fsp3) is 0.364. The van der Waals surface area contributed by atoms with Gasteiger partial charge in [0.2, 0.25) is 0 Å². The molecule has 76 valence electrons. The Bertz CT molecular complexity index is 269. The second-order valence-electron chi connectivity index (χ2n) is 2.93. The molecule has 0 bridgehead atoms. The van der Waals surface area contributed by atoms with E-state index in [-0.39, 0.29) is 0 Å². The smallest absolute Gasteiger partial charge is 0.150 e. The fourth-order valence-corrected chi connectivity index (χ4v) is 1.43. The number of alkyl halides is 1. The number of carbonyl (C=O) groups is 1. The molecule has 0 N–H and O–H groups in total. The molecule has 0 saturated heterocycles. The number of carbonyl (C=O) groups excluding carboxylic acids is 1. The van der Waals surface area contributed by atoms with Crippen molar-refractivity contribution in [1.29, 1.82) is 0 Å². The zero-order valence-electron chi connectivity index (χ0n) is 7.91. The minimum atomic E-state index is 0.679. The number of benzene rings is 1. The number of rotatable bonds is 6. The normalized spacial score (nSPS) is 9.79. The molecule has 0 aromatic heterocycles. The maximum Gasteiger partial charge on any atom is 0.150 e. The zero-order valence-corrected chi connectivity index (χ0v) is 9.50. The summed E-state index contributed by atoms with van der Waals surface area (Å²) < 4.78 is 5.47. The number of halogens is 1. The van der Waals surface area contributed by atoms with E-state index in [1.54, 1.807) is 12.1 Å². The Morgan fingerprint density at radius 1 is 1.21 bits per heavy atom. The maximum absolute atomic E-state index is 10.4. The number of ether oxygens (including phenoxy) is 1. The molecule has 0 heterocycles. The summed E-state index contributed by atoms with van der Waals surface area (Å²) >= 11 is 3.36. The Labute approximate surface area is 92.4 Å². The van der Waals surface area contributed by atoms with Crippen LogP contribution in [0.5, 0.6) is 5.75 Å². The minimum Gasteiger partial charge on any atom is -0.494 e. The SMILES string of the molecule is O=Cc1ccc(OCCCCBr)cc1. The molecule has 14 heavy (non-hydrogen) atoms. The highest BCUT2D eigenvalue weighted by Crippen LogP contribution is 2.11. The molecule has 1 aromatic rings. The van der Waals surface area contributed by atoms with Crippen LogP contribution >= 0.6 is 15.9 Å². The largest absolute Gasteiger partial charge is 0.494 e. The van der Waals surface area contributed by atoms with Crippen molar-refractivity contribution in [3.05, 3.63) is 29.8 Å². The van der Waals surface area contributed by atoms with Gasteiger partial charge in [-0.2, -0.15) is 0 Å². The molecule has 1 aromatic carbocycles. The Morgan fingerprint density at radius 3 is 2.50 bits per heavy atom. The Balaban J connectivity index is 2.32. The minimum absolute atomic E-state index is 0.679. The van der Waals surface area contributed by atoms with Crippen molar-refractivity contribution >= 4 is 22.2 Å². The predicted molar refractivity (Wildman–Crippen MR) is 60.4 cm³/mol. The van der Waals surface area contributed by atoms with E-state index in [1.165, 1.54) is 0 Å². The van der Waals surface area contributed by atoms with Crippen molar-refractivity contribution in [3.8, 4) is 5.75 Å². The third kappa shape index (κ3) is 3.92. The summed E-state index contributed by atoms with van der Waals surface area (Å²) in [6.45, 7) is 0.728. The van der Waals surface area contributed by atoms with Crippen LogP contribution in [0.1, 0.15) is 23.2 Å². The van der Waals surface area contributed by atoms with Gasteiger partial charge in [0.15, 0.2) is 0 Å². The van der Waals surface area contributed by atoms with E-state index in [0.29, 0.717) is 5.56 Å². The molecular weight excluding hydrogens is 244 g/mol. The summed E-state index contributed by atoms with van der Waals surface area (Å²) in [7, 11) is 0. The molecule has 2 nitrogen and oxygen atoms in total. The standard InChI is InChI=1S/C11H13BrO2/c12-7-1-2-8-14-11-5-3-10(9-13)4-6-11/h3-6,9H,1-2,7-8H2. The molecule has 0 saturated carbocycles. The third-order valence-corrected chi connectivity index (χ3v) is 2.37. The lowest BCUT2D eigenvalue weighted by Gasteiger charge is -2.04. The predicted octanol–water partition coefficient (Wildman–Crippen LogP) is 3.05. The average Bonchev–Trinajstić information content (AvgIpc) is 2.25. The summed E-state index contributed by atoms with van der Waals surface area (Å²) in [5.74, 6) is 0.824. The lowest BCUT2D eigenvalue weighted by molar-refractivity contribution is 0.112. The molecule has 0 aliphatic carbocycles. The van der Waals surface area contributed by atoms with E-state index in [1.807, 2.05) is 12.1 Å². The second kappa shape index (κ2) is 6.60. The molecule has 0 unspecified atom stereocenters.